The first-order valence-corrected chi connectivity index (χ1v) is 20.1. The van der Waals surface area contributed by atoms with Crippen LogP contribution in [0.4, 0.5) is 4.79 Å². The number of nitrogens with one attached hydrogen (secondary N) is 3. The fraction of sp³-hybridized carbons (Fsp3) is 0.861. The molecule has 1 saturated heterocycles. The molecule has 5 N–H and O–H groups in total. The molecule has 0 bridgehead atoms. The van der Waals surface area contributed by atoms with Gasteiger partial charge in [0.05, 0.1) is 16.5 Å². The Bertz CT molecular complexity index is 1430. The van der Waals surface area contributed by atoms with Gasteiger partial charge >= 0.3 is 6.03 Å². The van der Waals surface area contributed by atoms with E-state index in [9.17, 15) is 32.4 Å². The van der Waals surface area contributed by atoms with Gasteiger partial charge in [0.1, 0.15) is 12.1 Å². The molecule has 5 atom stereocenters. The zero-order chi connectivity index (χ0) is 36.2. The highest BCUT2D eigenvalue weighted by molar-refractivity contribution is 7.92. The van der Waals surface area contributed by atoms with Crippen molar-refractivity contribution in [3.8, 4) is 0 Å². The van der Waals surface area contributed by atoms with Crippen molar-refractivity contribution in [3.05, 3.63) is 0 Å². The van der Waals surface area contributed by atoms with Crippen LogP contribution in [0.25, 0.3) is 0 Å². The van der Waals surface area contributed by atoms with E-state index in [4.69, 9.17) is 5.73 Å². The van der Waals surface area contributed by atoms with E-state index in [1.165, 1.54) is 0 Å². The number of likely N-dealkylation sites (tertiary alicyclic amines) is 1. The van der Waals surface area contributed by atoms with Crippen LogP contribution in [0.5, 0.6) is 0 Å². The zero-order valence-electron chi connectivity index (χ0n) is 30.4. The first kappa shape index (κ1) is 37.6. The Balaban J connectivity index is 1.33. The van der Waals surface area contributed by atoms with Gasteiger partial charge in [-0.3, -0.25) is 19.2 Å². The lowest BCUT2D eigenvalue weighted by Gasteiger charge is -2.39. The SMILES string of the molecule is CC(C)(C)[C@H](NC(=O)NCC1(CS(=O)(=O)C(C)(C)C)CCCCC1)C(=O)N1C[C@H]2[C@H](CCC23CC3)[C@H]1C(=O)NC(CC1CC1)C(=O)C(N)=O. The Morgan fingerprint density at radius 1 is 0.878 bits per heavy atom. The maximum Gasteiger partial charge on any atom is 0.315 e. The minimum Gasteiger partial charge on any atom is -0.363 e. The summed E-state index contributed by atoms with van der Waals surface area (Å²) in [4.78, 5) is 68.5. The molecule has 1 heterocycles. The summed E-state index contributed by atoms with van der Waals surface area (Å²) in [6.07, 6.45) is 10.3. The Kier molecular flexibility index (Phi) is 10.3. The number of primary amides is 1. The molecule has 1 spiro atoms. The summed E-state index contributed by atoms with van der Waals surface area (Å²) in [5.74, 6) is -2.43. The summed E-state index contributed by atoms with van der Waals surface area (Å²) in [6, 6.07) is -3.39. The fourth-order valence-corrected chi connectivity index (χ4v) is 10.4. The fourth-order valence-electron chi connectivity index (χ4n) is 8.81. The van der Waals surface area contributed by atoms with E-state index in [0.717, 1.165) is 57.8 Å². The van der Waals surface area contributed by atoms with Crippen molar-refractivity contribution in [2.75, 3.05) is 18.8 Å². The highest BCUT2D eigenvalue weighted by atomic mass is 32.2. The molecule has 0 aromatic rings. The number of sulfone groups is 1. The third-order valence-corrected chi connectivity index (χ3v) is 15.2. The third kappa shape index (κ3) is 8.12. The summed E-state index contributed by atoms with van der Waals surface area (Å²) in [5, 5.41) is 8.69. The standard InChI is InChI=1S/C36H59N5O7S/c1-33(2,3)28(40-32(46)38-20-35(13-8-7-9-14-35)21-49(47,48)34(4,5)6)31(45)41-19-24-23(12-15-36(24)16-17-36)26(41)30(44)39-25(18-22-10-11-22)27(42)29(37)43/h22-26,28H,7-21H2,1-6H3,(H2,37,43)(H,39,44)(H2,38,40,46)/t23-,24-,25?,26-,28+/m0/s1. The van der Waals surface area contributed by atoms with Crippen molar-refractivity contribution in [2.24, 2.45) is 39.7 Å². The normalized spacial score (nSPS) is 27.1. The van der Waals surface area contributed by atoms with Gasteiger partial charge in [-0.15, -0.1) is 0 Å². The second-order valence-electron chi connectivity index (χ2n) is 18.1. The van der Waals surface area contributed by atoms with E-state index in [2.05, 4.69) is 16.0 Å². The molecule has 13 heteroatoms. The zero-order valence-corrected chi connectivity index (χ0v) is 31.2. The lowest BCUT2D eigenvalue weighted by molar-refractivity contribution is -0.144. The number of rotatable bonds is 12. The molecule has 5 amide bonds. The summed E-state index contributed by atoms with van der Waals surface area (Å²) in [5.41, 5.74) is 4.16. The molecule has 1 unspecified atom stereocenters. The van der Waals surface area contributed by atoms with E-state index < -0.39 is 67.2 Å². The number of fused-ring (bicyclic) bond motifs is 2. The summed E-state index contributed by atoms with van der Waals surface area (Å²) < 4.78 is 25.6. The molecule has 0 aromatic heterocycles. The van der Waals surface area contributed by atoms with E-state index in [1.54, 1.807) is 25.7 Å². The molecule has 5 aliphatic rings. The van der Waals surface area contributed by atoms with Gasteiger partial charge < -0.3 is 26.6 Å². The van der Waals surface area contributed by atoms with Crippen molar-refractivity contribution in [3.63, 3.8) is 0 Å². The van der Waals surface area contributed by atoms with Gasteiger partial charge in [0.15, 0.2) is 9.84 Å². The average Bonchev–Trinajstić information content (AvgIpc) is 3.91. The van der Waals surface area contributed by atoms with E-state index >= 15 is 0 Å². The van der Waals surface area contributed by atoms with Crippen LogP contribution in [-0.4, -0.2) is 84.6 Å². The smallest absolute Gasteiger partial charge is 0.315 e. The molecular formula is C36H59N5O7S. The van der Waals surface area contributed by atoms with Gasteiger partial charge in [0, 0.05) is 18.5 Å². The lowest BCUT2D eigenvalue weighted by atomic mass is 9.75. The van der Waals surface area contributed by atoms with Crippen molar-refractivity contribution >= 4 is 39.4 Å². The predicted molar refractivity (Wildman–Crippen MR) is 186 cm³/mol. The Morgan fingerprint density at radius 3 is 2.04 bits per heavy atom. The van der Waals surface area contributed by atoms with Crippen LogP contribution in [0.2, 0.25) is 0 Å². The second kappa shape index (κ2) is 13.5. The predicted octanol–water partition coefficient (Wildman–Crippen LogP) is 3.22. The molecule has 0 radical (unpaired) electrons. The van der Waals surface area contributed by atoms with Crippen LogP contribution in [0.15, 0.2) is 0 Å². The summed E-state index contributed by atoms with van der Waals surface area (Å²) in [7, 11) is -3.44. The van der Waals surface area contributed by atoms with Crippen molar-refractivity contribution in [1.82, 2.24) is 20.9 Å². The lowest BCUT2D eigenvalue weighted by Crippen LogP contribution is -2.61. The first-order valence-electron chi connectivity index (χ1n) is 18.4. The van der Waals surface area contributed by atoms with E-state index in [1.807, 2.05) is 20.8 Å². The number of carbonyl (C=O) groups is 5. The van der Waals surface area contributed by atoms with Crippen LogP contribution in [0, 0.1) is 34.0 Å². The first-order chi connectivity index (χ1) is 22.7. The molecule has 4 aliphatic carbocycles. The monoisotopic (exact) mass is 705 g/mol. The number of ketones is 1. The van der Waals surface area contributed by atoms with Gasteiger partial charge in [-0.1, -0.05) is 52.9 Å². The Labute approximate surface area is 292 Å². The van der Waals surface area contributed by atoms with Crippen LogP contribution >= 0.6 is 0 Å². The maximum absolute atomic E-state index is 14.6. The minimum atomic E-state index is -3.44. The quantitative estimate of drug-likeness (QED) is 0.225. The van der Waals surface area contributed by atoms with Gasteiger partial charge in [0.25, 0.3) is 5.91 Å². The minimum absolute atomic E-state index is 0.0134. The van der Waals surface area contributed by atoms with Crippen LogP contribution in [0.1, 0.15) is 119 Å². The van der Waals surface area contributed by atoms with Crippen molar-refractivity contribution in [2.45, 2.75) is 141 Å². The highest BCUT2D eigenvalue weighted by Gasteiger charge is 2.64. The Morgan fingerprint density at radius 2 is 1.51 bits per heavy atom. The molecule has 12 nitrogen and oxygen atoms in total. The Hall–Kier alpha value is -2.70. The van der Waals surface area contributed by atoms with Crippen LogP contribution in [-0.2, 0) is 29.0 Å². The third-order valence-electron chi connectivity index (χ3n) is 12.4. The van der Waals surface area contributed by atoms with Gasteiger partial charge in [0.2, 0.25) is 17.6 Å². The number of urea groups is 1. The molecule has 5 fully saturated rings. The maximum atomic E-state index is 14.6. The van der Waals surface area contributed by atoms with Crippen LogP contribution in [0.3, 0.4) is 0 Å². The number of carbonyl (C=O) groups excluding carboxylic acids is 5. The molecule has 49 heavy (non-hydrogen) atoms. The molecule has 276 valence electrons. The van der Waals surface area contributed by atoms with Crippen molar-refractivity contribution < 1.29 is 32.4 Å². The van der Waals surface area contributed by atoms with E-state index in [0.29, 0.717) is 25.8 Å². The molecule has 4 saturated carbocycles. The van der Waals surface area contributed by atoms with Crippen molar-refractivity contribution in [1.29, 1.82) is 0 Å². The highest BCUT2D eigenvalue weighted by Crippen LogP contribution is 2.66. The van der Waals surface area contributed by atoms with E-state index in [-0.39, 0.29) is 41.4 Å². The van der Waals surface area contributed by atoms with Gasteiger partial charge in [-0.05, 0) is 94.3 Å². The number of amides is 5. The average molecular weight is 706 g/mol. The summed E-state index contributed by atoms with van der Waals surface area (Å²) in [6.45, 7) is 11.3. The topological polar surface area (TPSA) is 185 Å². The van der Waals surface area contributed by atoms with Gasteiger partial charge in [-0.2, -0.15) is 0 Å². The number of Topliss-reactive ketones (excluding diaryl/α,β-unsaturated/α-hetero) is 1. The molecule has 1 aliphatic heterocycles. The number of hydrogen-bond donors (Lipinski definition) is 4. The number of nitrogens with two attached hydrogens (primary N) is 1. The summed E-state index contributed by atoms with van der Waals surface area (Å²) >= 11 is 0. The van der Waals surface area contributed by atoms with Crippen LogP contribution < -0.4 is 21.7 Å². The second-order valence-corrected chi connectivity index (χ2v) is 20.9. The number of hydrogen-bond acceptors (Lipinski definition) is 7. The largest absolute Gasteiger partial charge is 0.363 e. The number of nitrogens with zero attached hydrogens (tertiary/aromatic N) is 1. The van der Waals surface area contributed by atoms with Gasteiger partial charge in [-0.25, -0.2) is 13.2 Å². The molecular weight excluding hydrogens is 646 g/mol. The molecule has 5 rings (SSSR count). The molecule has 0 aromatic carbocycles.